The molecule has 6 fully saturated rings. The number of methoxy groups -OCH3 is 2. The van der Waals surface area contributed by atoms with Crippen LogP contribution in [-0.4, -0.2) is 140 Å². The van der Waals surface area contributed by atoms with Crippen LogP contribution in [0.2, 0.25) is 0 Å². The van der Waals surface area contributed by atoms with Crippen LogP contribution in [0.15, 0.2) is 23.5 Å². The molecule has 0 aromatic heterocycles. The first kappa shape index (κ1) is 41.0. The Bertz CT molecular complexity index is 1480. The second-order valence-corrected chi connectivity index (χ2v) is 17.7. The summed E-state index contributed by atoms with van der Waals surface area (Å²) in [6, 6.07) is 0. The Morgan fingerprint density at radius 3 is 2.20 bits per heavy atom. The van der Waals surface area contributed by atoms with E-state index >= 15 is 0 Å². The quantitative estimate of drug-likeness (QED) is 0.241. The van der Waals surface area contributed by atoms with E-state index in [1.54, 1.807) is 27.4 Å². The molecule has 0 unspecified atom stereocenters. The molecule has 316 valence electrons. The first-order valence-electron chi connectivity index (χ1n) is 20.6. The van der Waals surface area contributed by atoms with Crippen LogP contribution in [-0.2, 0) is 56.9 Å². The lowest BCUT2D eigenvalue weighted by Gasteiger charge is -2.52. The molecule has 3 N–H and O–H groups in total. The molecule has 1 saturated carbocycles. The van der Waals surface area contributed by atoms with Crippen molar-refractivity contribution in [3.05, 3.63) is 23.5 Å². The van der Waals surface area contributed by atoms with E-state index in [0.29, 0.717) is 38.7 Å². The van der Waals surface area contributed by atoms with E-state index in [0.717, 1.165) is 18.4 Å². The van der Waals surface area contributed by atoms with Gasteiger partial charge in [0.1, 0.15) is 24.4 Å². The van der Waals surface area contributed by atoms with Crippen molar-refractivity contribution in [3.8, 4) is 0 Å². The van der Waals surface area contributed by atoms with Gasteiger partial charge in [-0.15, -0.1) is 0 Å². The summed E-state index contributed by atoms with van der Waals surface area (Å²) in [5, 5.41) is 33.2. The van der Waals surface area contributed by atoms with E-state index in [9.17, 15) is 20.1 Å². The van der Waals surface area contributed by atoms with Gasteiger partial charge in [0.05, 0.1) is 73.5 Å². The van der Waals surface area contributed by atoms with Crippen molar-refractivity contribution in [3.63, 3.8) is 0 Å². The van der Waals surface area contributed by atoms with Gasteiger partial charge >= 0.3 is 5.97 Å². The highest BCUT2D eigenvalue weighted by molar-refractivity contribution is 5.74. The molecular formula is C41H62O15. The molecule has 6 aliphatic heterocycles. The molecule has 15 nitrogen and oxygen atoms in total. The third-order valence-corrected chi connectivity index (χ3v) is 14.2. The largest absolute Gasteiger partial charge is 0.469 e. The van der Waals surface area contributed by atoms with Crippen molar-refractivity contribution in [1.82, 2.24) is 0 Å². The standard InChI is InChI=1S/C41H62O15/c1-19-36(44)29(46-6)14-34(50-19)55-37-20(2)51-32(13-26(37)42)56-38-21(3)52-33(15-30(38)47-7)53-28-12-23-9-10-24-25(40(23,4)16-27(28)43)11-8-22-17-48-41(5)35(22)31(18-49-41)54-39(24)45/h9,17,19-21,24-38,42-44H,8,10-16,18H2,1-7H3/t19-,20-,21-,24-,25+,26-,27-,28-,29+,30-,31-,32+,33+,34+,35-,36-,37-,38-,40+,41+/m1/s1. The summed E-state index contributed by atoms with van der Waals surface area (Å²) in [7, 11) is 3.16. The number of esters is 1. The van der Waals surface area contributed by atoms with Gasteiger partial charge in [-0.1, -0.05) is 18.6 Å². The van der Waals surface area contributed by atoms with Crippen LogP contribution in [0.1, 0.15) is 86.0 Å². The van der Waals surface area contributed by atoms with Gasteiger partial charge in [-0.2, -0.15) is 0 Å². The molecule has 0 radical (unpaired) electrons. The Morgan fingerprint density at radius 1 is 0.804 bits per heavy atom. The molecule has 2 aliphatic carbocycles. The van der Waals surface area contributed by atoms with Gasteiger partial charge < -0.3 is 67.4 Å². The van der Waals surface area contributed by atoms with Crippen molar-refractivity contribution in [2.75, 3.05) is 20.8 Å². The van der Waals surface area contributed by atoms with Crippen molar-refractivity contribution >= 4 is 5.97 Å². The monoisotopic (exact) mass is 794 g/mol. The maximum atomic E-state index is 13.7. The third kappa shape index (κ3) is 7.51. The Morgan fingerprint density at radius 2 is 1.46 bits per heavy atom. The predicted octanol–water partition coefficient (Wildman–Crippen LogP) is 3.00. The first-order valence-corrected chi connectivity index (χ1v) is 20.6. The number of rotatable bonds is 8. The van der Waals surface area contributed by atoms with Crippen LogP contribution < -0.4 is 0 Å². The number of allylic oxidation sites excluding steroid dienone is 1. The molecule has 8 rings (SSSR count). The molecule has 0 aromatic rings. The normalized spacial score (nSPS) is 51.9. The first-order chi connectivity index (χ1) is 26.7. The van der Waals surface area contributed by atoms with Gasteiger partial charge in [0.15, 0.2) is 18.9 Å². The fourth-order valence-electron chi connectivity index (χ4n) is 11.1. The van der Waals surface area contributed by atoms with Gasteiger partial charge in [0.25, 0.3) is 0 Å². The lowest BCUT2D eigenvalue weighted by Crippen LogP contribution is -2.57. The predicted molar refractivity (Wildman–Crippen MR) is 194 cm³/mol. The van der Waals surface area contributed by atoms with E-state index in [4.69, 9.17) is 52.1 Å². The Balaban J connectivity index is 0.868. The number of hydrogen-bond donors (Lipinski definition) is 3. The Labute approximate surface area is 329 Å². The molecule has 15 heteroatoms. The van der Waals surface area contributed by atoms with Crippen LogP contribution in [0.5, 0.6) is 0 Å². The van der Waals surface area contributed by atoms with Crippen LogP contribution in [0.25, 0.3) is 0 Å². The van der Waals surface area contributed by atoms with Crippen molar-refractivity contribution in [2.24, 2.45) is 23.2 Å². The molecule has 20 atom stereocenters. The van der Waals surface area contributed by atoms with Crippen LogP contribution >= 0.6 is 0 Å². The van der Waals surface area contributed by atoms with Gasteiger partial charge in [-0.05, 0) is 69.8 Å². The van der Waals surface area contributed by atoms with Gasteiger partial charge in [0.2, 0.25) is 5.79 Å². The Kier molecular flexibility index (Phi) is 11.7. The molecule has 0 spiro atoms. The number of hydrogen-bond acceptors (Lipinski definition) is 15. The summed E-state index contributed by atoms with van der Waals surface area (Å²) >= 11 is 0. The molecule has 0 bridgehead atoms. The topological polar surface area (TPSA) is 179 Å². The molecule has 5 saturated heterocycles. The summed E-state index contributed by atoms with van der Waals surface area (Å²) in [5.74, 6) is -1.40. The van der Waals surface area contributed by atoms with Gasteiger partial charge in [-0.3, -0.25) is 4.79 Å². The number of carbonyl (C=O) groups excluding carboxylic acids is 1. The minimum atomic E-state index is -0.897. The Hall–Kier alpha value is -1.73. The smallest absolute Gasteiger partial charge is 0.309 e. The molecule has 0 amide bonds. The molecule has 56 heavy (non-hydrogen) atoms. The average Bonchev–Trinajstić information content (AvgIpc) is 3.67. The second-order valence-electron chi connectivity index (χ2n) is 17.7. The minimum absolute atomic E-state index is 0.00811. The number of aliphatic hydroxyl groups excluding tert-OH is 3. The maximum absolute atomic E-state index is 13.7. The van der Waals surface area contributed by atoms with E-state index in [-0.39, 0.29) is 36.2 Å². The second kappa shape index (κ2) is 16.0. The summed E-state index contributed by atoms with van der Waals surface area (Å²) in [6.45, 7) is 9.89. The SMILES string of the molecule is CO[C@H]1C[C@H](O[C@H]2[C@H](O)C[C@H](O[C@@H]3[C@@H](C)O[C@@H](O[C@@H]4CC5=CC[C@H]6C(=O)O[C@@H]7CO[C@]8(C)OC=C(CC[C@@H]6[C@@]5(C)C[C@H]4O)[C@H]78)C[C@H]3OC)O[C@@H]2C)O[C@H](C)[C@H]1O. The van der Waals surface area contributed by atoms with Crippen molar-refractivity contribution in [2.45, 2.75) is 184 Å². The fraction of sp³-hybridized carbons (Fsp3) is 0.878. The number of fused-ring (bicyclic) bond motifs is 3. The van der Waals surface area contributed by atoms with Crippen LogP contribution in [0.4, 0.5) is 0 Å². The average molecular weight is 795 g/mol. The molecule has 8 aliphatic rings. The third-order valence-electron chi connectivity index (χ3n) is 14.2. The maximum Gasteiger partial charge on any atom is 0.309 e. The van der Waals surface area contributed by atoms with E-state index in [1.807, 2.05) is 20.8 Å². The number of carbonyl (C=O) groups is 1. The summed E-state index contributed by atoms with van der Waals surface area (Å²) < 4.78 is 66.9. The zero-order valence-electron chi connectivity index (χ0n) is 33.7. The highest BCUT2D eigenvalue weighted by atomic mass is 16.7. The summed E-state index contributed by atoms with van der Waals surface area (Å²) in [4.78, 5) is 13.7. The van der Waals surface area contributed by atoms with Crippen molar-refractivity contribution < 1.29 is 72.2 Å². The number of ether oxygens (including phenoxy) is 11. The van der Waals surface area contributed by atoms with Crippen molar-refractivity contribution in [1.29, 1.82) is 0 Å². The molecule has 6 heterocycles. The van der Waals surface area contributed by atoms with Gasteiger partial charge in [-0.25, -0.2) is 0 Å². The zero-order valence-corrected chi connectivity index (χ0v) is 33.7. The van der Waals surface area contributed by atoms with Gasteiger partial charge in [0, 0.05) is 40.4 Å². The highest BCUT2D eigenvalue weighted by Gasteiger charge is 2.59. The van der Waals surface area contributed by atoms with E-state index < -0.39 is 97.2 Å². The minimum Gasteiger partial charge on any atom is -0.469 e. The summed E-state index contributed by atoms with van der Waals surface area (Å²) in [5.41, 5.74) is 1.92. The van der Waals surface area contributed by atoms with Crippen LogP contribution in [0.3, 0.4) is 0 Å². The highest BCUT2D eigenvalue weighted by Crippen LogP contribution is 2.57. The van der Waals surface area contributed by atoms with E-state index in [1.165, 1.54) is 5.57 Å². The van der Waals surface area contributed by atoms with E-state index in [2.05, 4.69) is 13.0 Å². The summed E-state index contributed by atoms with van der Waals surface area (Å²) in [6.07, 6.45) is -0.916. The lowest BCUT2D eigenvalue weighted by atomic mass is 9.55. The number of aliphatic hydroxyl groups is 3. The zero-order chi connectivity index (χ0) is 39.7. The van der Waals surface area contributed by atoms with Crippen LogP contribution in [0, 0.1) is 23.2 Å². The molecule has 0 aromatic carbocycles. The lowest BCUT2D eigenvalue weighted by molar-refractivity contribution is -0.338. The fourth-order valence-corrected chi connectivity index (χ4v) is 11.1. The molecular weight excluding hydrogens is 732 g/mol.